The molecule has 110 valence electrons. The zero-order valence-corrected chi connectivity index (χ0v) is 13.4. The molecule has 2 aromatic heterocycles. The Morgan fingerprint density at radius 3 is 2.76 bits per heavy atom. The molecule has 1 unspecified atom stereocenters. The van der Waals surface area contributed by atoms with Crippen molar-refractivity contribution in [2.75, 3.05) is 0 Å². The Labute approximate surface area is 128 Å². The largest absolute Gasteiger partial charge is 0.271 e. The van der Waals surface area contributed by atoms with Gasteiger partial charge in [0.1, 0.15) is 0 Å². The molecule has 0 fully saturated rings. The lowest BCUT2D eigenvalue weighted by Crippen LogP contribution is -2.29. The fourth-order valence-electron chi connectivity index (χ4n) is 2.65. The fourth-order valence-corrected chi connectivity index (χ4v) is 3.75. The topological polar surface area (TPSA) is 55.9 Å². The molecular weight excluding hydrogens is 280 g/mol. The van der Waals surface area contributed by atoms with Crippen LogP contribution in [0.2, 0.25) is 0 Å². The smallest absolute Gasteiger partial charge is 0.0723 e. The van der Waals surface area contributed by atoms with Crippen LogP contribution in [0, 0.1) is 13.8 Å². The minimum atomic E-state index is 0.0979. The van der Waals surface area contributed by atoms with Gasteiger partial charge in [0, 0.05) is 28.6 Å². The SMILES string of the molecule is Cc1cc(C(Cc2nn(C)c3ccccc23)NN)sc1C. The van der Waals surface area contributed by atoms with Gasteiger partial charge in [-0.25, -0.2) is 0 Å². The van der Waals surface area contributed by atoms with Crippen LogP contribution in [0.25, 0.3) is 10.9 Å². The summed E-state index contributed by atoms with van der Waals surface area (Å²) < 4.78 is 1.93. The van der Waals surface area contributed by atoms with E-state index < -0.39 is 0 Å². The zero-order chi connectivity index (χ0) is 15.0. The molecule has 1 atom stereocenters. The number of para-hydroxylation sites is 1. The minimum absolute atomic E-state index is 0.0979. The molecule has 0 aliphatic carbocycles. The van der Waals surface area contributed by atoms with E-state index in [2.05, 4.69) is 48.6 Å². The molecule has 0 spiro atoms. The number of hydrazine groups is 1. The van der Waals surface area contributed by atoms with Crippen LogP contribution in [-0.4, -0.2) is 9.78 Å². The number of nitrogens with one attached hydrogen (secondary N) is 1. The quantitative estimate of drug-likeness (QED) is 0.575. The third kappa shape index (κ3) is 2.60. The second kappa shape index (κ2) is 5.60. The Bertz CT molecular complexity index is 752. The fraction of sp³-hybridized carbons (Fsp3) is 0.312. The van der Waals surface area contributed by atoms with E-state index in [1.54, 1.807) is 11.3 Å². The standard InChI is InChI=1S/C16H20N4S/c1-10-8-16(21-11(10)2)14(18-17)9-13-12-6-4-5-7-15(12)20(3)19-13/h4-8,14,18H,9,17H2,1-3H3. The van der Waals surface area contributed by atoms with Crippen LogP contribution in [0.5, 0.6) is 0 Å². The molecule has 0 bridgehead atoms. The lowest BCUT2D eigenvalue weighted by atomic mass is 10.1. The summed E-state index contributed by atoms with van der Waals surface area (Å²) in [5.74, 6) is 5.78. The summed E-state index contributed by atoms with van der Waals surface area (Å²) in [7, 11) is 1.98. The molecule has 3 aromatic rings. The normalized spacial score (nSPS) is 13.0. The van der Waals surface area contributed by atoms with E-state index in [-0.39, 0.29) is 6.04 Å². The van der Waals surface area contributed by atoms with Crippen LogP contribution in [0.15, 0.2) is 30.3 Å². The number of thiophene rings is 1. The second-order valence-electron chi connectivity index (χ2n) is 5.40. The predicted octanol–water partition coefficient (Wildman–Crippen LogP) is 3.00. The van der Waals surface area contributed by atoms with Crippen molar-refractivity contribution >= 4 is 22.2 Å². The van der Waals surface area contributed by atoms with E-state index in [0.29, 0.717) is 0 Å². The molecule has 0 saturated heterocycles. The van der Waals surface area contributed by atoms with E-state index in [1.807, 2.05) is 17.8 Å². The molecule has 0 aliphatic rings. The van der Waals surface area contributed by atoms with Crippen LogP contribution in [0.1, 0.15) is 27.1 Å². The van der Waals surface area contributed by atoms with Crippen molar-refractivity contribution in [3.05, 3.63) is 51.3 Å². The molecule has 5 heteroatoms. The van der Waals surface area contributed by atoms with Gasteiger partial charge >= 0.3 is 0 Å². The van der Waals surface area contributed by atoms with Gasteiger partial charge in [0.05, 0.1) is 17.3 Å². The Kier molecular flexibility index (Phi) is 3.80. The monoisotopic (exact) mass is 300 g/mol. The maximum Gasteiger partial charge on any atom is 0.0723 e. The number of aromatic nitrogens is 2. The van der Waals surface area contributed by atoms with Gasteiger partial charge in [0.2, 0.25) is 0 Å². The highest BCUT2D eigenvalue weighted by Gasteiger charge is 2.18. The number of hydrogen-bond donors (Lipinski definition) is 2. The predicted molar refractivity (Wildman–Crippen MR) is 88.3 cm³/mol. The maximum absolute atomic E-state index is 5.78. The van der Waals surface area contributed by atoms with Gasteiger partial charge in [-0.2, -0.15) is 5.10 Å². The first-order valence-electron chi connectivity index (χ1n) is 7.04. The number of aryl methyl sites for hydroxylation is 3. The third-order valence-electron chi connectivity index (χ3n) is 3.96. The van der Waals surface area contributed by atoms with Crippen molar-refractivity contribution in [2.45, 2.75) is 26.3 Å². The summed E-state index contributed by atoms with van der Waals surface area (Å²) in [6, 6.07) is 10.6. The van der Waals surface area contributed by atoms with Gasteiger partial charge in [0.15, 0.2) is 0 Å². The maximum atomic E-state index is 5.78. The number of nitrogens with two attached hydrogens (primary N) is 1. The average molecular weight is 300 g/mol. The number of hydrogen-bond acceptors (Lipinski definition) is 4. The van der Waals surface area contributed by atoms with Crippen LogP contribution in [0.3, 0.4) is 0 Å². The second-order valence-corrected chi connectivity index (χ2v) is 6.69. The molecule has 0 radical (unpaired) electrons. The Hall–Kier alpha value is -1.69. The molecule has 3 rings (SSSR count). The molecular formula is C16H20N4S. The highest BCUT2D eigenvalue weighted by Crippen LogP contribution is 2.29. The number of nitrogens with zero attached hydrogens (tertiary/aromatic N) is 2. The van der Waals surface area contributed by atoms with Crippen molar-refractivity contribution in [3.63, 3.8) is 0 Å². The summed E-state index contributed by atoms with van der Waals surface area (Å²) in [6.07, 6.45) is 0.789. The number of benzene rings is 1. The van der Waals surface area contributed by atoms with Gasteiger partial charge in [-0.3, -0.25) is 16.0 Å². The van der Waals surface area contributed by atoms with Crippen molar-refractivity contribution < 1.29 is 0 Å². The number of rotatable bonds is 4. The average Bonchev–Trinajstić information content (AvgIpc) is 2.98. The van der Waals surface area contributed by atoms with Gasteiger partial charge in [-0.15, -0.1) is 11.3 Å². The first-order chi connectivity index (χ1) is 10.1. The molecule has 0 amide bonds. The molecule has 2 heterocycles. The van der Waals surface area contributed by atoms with Gasteiger partial charge in [0.25, 0.3) is 0 Å². The van der Waals surface area contributed by atoms with E-state index >= 15 is 0 Å². The van der Waals surface area contributed by atoms with Crippen LogP contribution in [-0.2, 0) is 13.5 Å². The van der Waals surface area contributed by atoms with E-state index in [0.717, 1.165) is 17.6 Å². The first kappa shape index (κ1) is 14.3. The van der Waals surface area contributed by atoms with Crippen LogP contribution >= 0.6 is 11.3 Å². The highest BCUT2D eigenvalue weighted by molar-refractivity contribution is 7.12. The van der Waals surface area contributed by atoms with Crippen molar-refractivity contribution in [2.24, 2.45) is 12.9 Å². The van der Waals surface area contributed by atoms with E-state index in [1.165, 1.54) is 20.7 Å². The van der Waals surface area contributed by atoms with Crippen LogP contribution in [0.4, 0.5) is 0 Å². The summed E-state index contributed by atoms with van der Waals surface area (Å²) in [4.78, 5) is 2.61. The lowest BCUT2D eigenvalue weighted by Gasteiger charge is -2.12. The Morgan fingerprint density at radius 2 is 2.10 bits per heavy atom. The molecule has 21 heavy (non-hydrogen) atoms. The lowest BCUT2D eigenvalue weighted by molar-refractivity contribution is 0.551. The summed E-state index contributed by atoms with van der Waals surface area (Å²) in [6.45, 7) is 4.28. The first-order valence-corrected chi connectivity index (χ1v) is 7.85. The van der Waals surface area contributed by atoms with Crippen LogP contribution < -0.4 is 11.3 Å². The molecule has 0 saturated carbocycles. The van der Waals surface area contributed by atoms with Gasteiger partial charge in [-0.05, 0) is 31.5 Å². The third-order valence-corrected chi connectivity index (χ3v) is 5.23. The van der Waals surface area contributed by atoms with E-state index in [4.69, 9.17) is 5.84 Å². The molecule has 0 aliphatic heterocycles. The van der Waals surface area contributed by atoms with E-state index in [9.17, 15) is 0 Å². The van der Waals surface area contributed by atoms with Crippen molar-refractivity contribution in [1.82, 2.24) is 15.2 Å². The zero-order valence-electron chi connectivity index (χ0n) is 12.6. The highest BCUT2D eigenvalue weighted by atomic mass is 32.1. The van der Waals surface area contributed by atoms with Crippen molar-refractivity contribution in [1.29, 1.82) is 0 Å². The van der Waals surface area contributed by atoms with Gasteiger partial charge in [-0.1, -0.05) is 18.2 Å². The van der Waals surface area contributed by atoms with Gasteiger partial charge < -0.3 is 0 Å². The molecule has 1 aromatic carbocycles. The van der Waals surface area contributed by atoms with Crippen molar-refractivity contribution in [3.8, 4) is 0 Å². The molecule has 3 N–H and O–H groups in total. The Balaban J connectivity index is 1.96. The molecule has 4 nitrogen and oxygen atoms in total. The minimum Gasteiger partial charge on any atom is -0.271 e. The summed E-state index contributed by atoms with van der Waals surface area (Å²) in [5, 5.41) is 5.86. The summed E-state index contributed by atoms with van der Waals surface area (Å²) in [5.41, 5.74) is 6.50. The Morgan fingerprint density at radius 1 is 1.33 bits per heavy atom. The summed E-state index contributed by atoms with van der Waals surface area (Å²) >= 11 is 1.80. The number of fused-ring (bicyclic) bond motifs is 1.